The summed E-state index contributed by atoms with van der Waals surface area (Å²) in [4.78, 5) is 35.6. The number of thiazole rings is 1. The van der Waals surface area contributed by atoms with Crippen molar-refractivity contribution in [3.8, 4) is 5.69 Å². The smallest absolute Gasteiger partial charge is 0.338 e. The highest BCUT2D eigenvalue weighted by Gasteiger charge is 2.33. The zero-order chi connectivity index (χ0) is 29.4. The fourth-order valence-electron chi connectivity index (χ4n) is 5.27. The minimum atomic E-state index is -0.619. The fourth-order valence-corrected chi connectivity index (χ4v) is 6.71. The van der Waals surface area contributed by atoms with Crippen LogP contribution in [0.3, 0.4) is 0 Å². The van der Waals surface area contributed by atoms with Gasteiger partial charge in [0.25, 0.3) is 5.56 Å². The Balaban J connectivity index is 1.65. The first-order valence-corrected chi connectivity index (χ1v) is 15.5. The van der Waals surface area contributed by atoms with Crippen LogP contribution in [0.1, 0.15) is 42.4 Å². The van der Waals surface area contributed by atoms with Gasteiger partial charge < -0.3 is 14.2 Å². The molecule has 0 saturated carbocycles. The number of nitrogens with zero attached hydrogens (tertiary/aromatic N) is 4. The van der Waals surface area contributed by atoms with Gasteiger partial charge in [0.05, 0.1) is 28.5 Å². The van der Waals surface area contributed by atoms with Crippen LogP contribution in [0.4, 0.5) is 5.69 Å². The van der Waals surface area contributed by atoms with E-state index in [2.05, 4.69) is 53.6 Å². The third-order valence-electron chi connectivity index (χ3n) is 7.33. The highest BCUT2D eigenvalue weighted by Crippen LogP contribution is 2.32. The number of allylic oxidation sites excluding steroid dienone is 1. The number of carbonyl (C=O) groups excluding carboxylic acids is 1. The number of esters is 1. The molecule has 3 heterocycles. The Bertz CT molecular complexity index is 1830. The predicted octanol–water partition coefficient (Wildman–Crippen LogP) is 4.99. The molecular weight excluding hydrogens is 553 g/mol. The van der Waals surface area contributed by atoms with E-state index in [9.17, 15) is 9.59 Å². The summed E-state index contributed by atoms with van der Waals surface area (Å²) in [7, 11) is 4.05. The molecule has 0 aliphatic carbocycles. The molecule has 41 heavy (non-hydrogen) atoms. The number of hydrogen-bond acceptors (Lipinski definition) is 7. The maximum Gasteiger partial charge on any atom is 0.338 e. The monoisotopic (exact) mass is 586 g/mol. The van der Waals surface area contributed by atoms with Gasteiger partial charge in [0, 0.05) is 41.8 Å². The van der Waals surface area contributed by atoms with E-state index in [-0.39, 0.29) is 12.2 Å². The quantitative estimate of drug-likeness (QED) is 0.225. The molecule has 0 amide bonds. The van der Waals surface area contributed by atoms with Crippen molar-refractivity contribution in [2.75, 3.05) is 31.9 Å². The standard InChI is InChI=1S/C32H34N4O3S2/c1-8-39-31(38)28-20(3)33-32-36(29(28)22-9-15-26(40-7)16-10-22)30(37)27(41-32)18-23-17-19(2)35(21(23)4)25-13-11-24(12-14-25)34(5)6/h9-18,29H,8H2,1-7H3/b27-18+/t29-/m0/s1. The summed E-state index contributed by atoms with van der Waals surface area (Å²) in [6.07, 6.45) is 3.95. The van der Waals surface area contributed by atoms with Gasteiger partial charge in [-0.15, -0.1) is 11.8 Å². The highest BCUT2D eigenvalue weighted by atomic mass is 32.2. The maximum absolute atomic E-state index is 14.0. The number of fused-ring (bicyclic) bond motifs is 1. The first-order valence-electron chi connectivity index (χ1n) is 13.4. The van der Waals surface area contributed by atoms with E-state index in [4.69, 9.17) is 9.73 Å². The van der Waals surface area contributed by atoms with Crippen molar-refractivity contribution in [2.45, 2.75) is 38.6 Å². The summed E-state index contributed by atoms with van der Waals surface area (Å²) in [5, 5.41) is 0. The van der Waals surface area contributed by atoms with Crippen molar-refractivity contribution in [2.24, 2.45) is 4.99 Å². The van der Waals surface area contributed by atoms with Crippen LogP contribution in [0.15, 0.2) is 80.5 Å². The van der Waals surface area contributed by atoms with E-state index in [1.807, 2.05) is 57.6 Å². The fraction of sp³-hybridized carbons (Fsp3) is 0.281. The zero-order valence-corrected chi connectivity index (χ0v) is 26.0. The van der Waals surface area contributed by atoms with Gasteiger partial charge in [-0.1, -0.05) is 23.5 Å². The lowest BCUT2D eigenvalue weighted by atomic mass is 9.96. The van der Waals surface area contributed by atoms with Crippen LogP contribution in [0.5, 0.6) is 0 Å². The second-order valence-electron chi connectivity index (χ2n) is 10.1. The summed E-state index contributed by atoms with van der Waals surface area (Å²) in [5.41, 5.74) is 6.89. The number of aryl methyl sites for hydroxylation is 1. The highest BCUT2D eigenvalue weighted by molar-refractivity contribution is 7.98. The molecule has 7 nitrogen and oxygen atoms in total. The summed E-state index contributed by atoms with van der Waals surface area (Å²) in [6, 6.07) is 17.8. The number of anilines is 1. The van der Waals surface area contributed by atoms with Crippen molar-refractivity contribution in [3.05, 3.63) is 108 Å². The molecule has 1 atom stereocenters. The molecule has 2 aromatic carbocycles. The molecule has 9 heteroatoms. The lowest BCUT2D eigenvalue weighted by Crippen LogP contribution is -2.39. The van der Waals surface area contributed by atoms with E-state index >= 15 is 0 Å². The normalized spacial score (nSPS) is 15.1. The minimum absolute atomic E-state index is 0.179. The summed E-state index contributed by atoms with van der Waals surface area (Å²) in [5.74, 6) is -0.453. The Labute approximate surface area is 248 Å². The molecule has 0 radical (unpaired) electrons. The second-order valence-corrected chi connectivity index (χ2v) is 12.0. The van der Waals surface area contributed by atoms with Crippen molar-refractivity contribution < 1.29 is 9.53 Å². The molecule has 1 aliphatic rings. The first kappa shape index (κ1) is 28.7. The second kappa shape index (κ2) is 11.6. The molecule has 2 aromatic heterocycles. The van der Waals surface area contributed by atoms with E-state index < -0.39 is 12.0 Å². The molecule has 212 valence electrons. The molecule has 0 fully saturated rings. The lowest BCUT2D eigenvalue weighted by Gasteiger charge is -2.24. The Morgan fingerprint density at radius 1 is 1.10 bits per heavy atom. The molecule has 0 unspecified atom stereocenters. The average Bonchev–Trinajstić information content (AvgIpc) is 3.41. The Morgan fingerprint density at radius 3 is 2.39 bits per heavy atom. The lowest BCUT2D eigenvalue weighted by molar-refractivity contribution is -0.139. The number of carbonyl (C=O) groups is 1. The van der Waals surface area contributed by atoms with E-state index in [0.29, 0.717) is 20.6 Å². The number of benzene rings is 2. The molecule has 4 aromatic rings. The number of rotatable bonds is 7. The topological polar surface area (TPSA) is 68.8 Å². The third kappa shape index (κ3) is 5.31. The molecule has 0 bridgehead atoms. The SMILES string of the molecule is CCOC(=O)C1=C(C)N=c2s/c(=C/c3cc(C)n(-c4ccc(N(C)C)cc4)c3C)c(=O)n2[C@H]1c1ccc(SC)cc1. The van der Waals surface area contributed by atoms with Gasteiger partial charge in [-0.2, -0.15) is 0 Å². The number of hydrogen-bond donors (Lipinski definition) is 0. The Kier molecular flexibility index (Phi) is 8.11. The van der Waals surface area contributed by atoms with E-state index in [1.54, 1.807) is 23.3 Å². The van der Waals surface area contributed by atoms with Crippen molar-refractivity contribution in [3.63, 3.8) is 0 Å². The largest absolute Gasteiger partial charge is 0.463 e. The van der Waals surface area contributed by atoms with Crippen molar-refractivity contribution >= 4 is 40.8 Å². The van der Waals surface area contributed by atoms with Crippen LogP contribution in [-0.4, -0.2) is 42.1 Å². The number of aromatic nitrogens is 2. The molecule has 5 rings (SSSR count). The number of ether oxygens (including phenoxy) is 1. The minimum Gasteiger partial charge on any atom is -0.463 e. The molecule has 0 saturated heterocycles. The summed E-state index contributed by atoms with van der Waals surface area (Å²) >= 11 is 2.98. The Morgan fingerprint density at radius 2 is 1.78 bits per heavy atom. The van der Waals surface area contributed by atoms with Gasteiger partial charge in [0.1, 0.15) is 0 Å². The maximum atomic E-state index is 14.0. The van der Waals surface area contributed by atoms with Crippen LogP contribution in [0, 0.1) is 13.8 Å². The van der Waals surface area contributed by atoms with Crippen molar-refractivity contribution in [1.29, 1.82) is 0 Å². The first-order chi connectivity index (χ1) is 19.6. The van der Waals surface area contributed by atoms with Crippen LogP contribution in [-0.2, 0) is 9.53 Å². The van der Waals surface area contributed by atoms with Crippen molar-refractivity contribution in [1.82, 2.24) is 9.13 Å². The Hall–Kier alpha value is -3.82. The van der Waals surface area contributed by atoms with Gasteiger partial charge in [-0.3, -0.25) is 9.36 Å². The predicted molar refractivity (Wildman–Crippen MR) is 168 cm³/mol. The third-order valence-corrected chi connectivity index (χ3v) is 9.06. The van der Waals surface area contributed by atoms with Crippen LogP contribution < -0.4 is 19.8 Å². The van der Waals surface area contributed by atoms with Gasteiger partial charge in [-0.05, 0) is 93.6 Å². The summed E-state index contributed by atoms with van der Waals surface area (Å²) in [6.45, 7) is 7.96. The van der Waals surface area contributed by atoms with Gasteiger partial charge in [0.15, 0.2) is 4.80 Å². The van der Waals surface area contributed by atoms with Gasteiger partial charge in [0.2, 0.25) is 0 Å². The van der Waals surface area contributed by atoms with Crippen LogP contribution in [0.25, 0.3) is 11.8 Å². The zero-order valence-electron chi connectivity index (χ0n) is 24.4. The van der Waals surface area contributed by atoms with E-state index in [1.165, 1.54) is 11.3 Å². The summed E-state index contributed by atoms with van der Waals surface area (Å²) < 4.78 is 9.82. The molecule has 0 N–H and O–H groups in total. The average molecular weight is 587 g/mol. The van der Waals surface area contributed by atoms with E-state index in [0.717, 1.165) is 38.8 Å². The molecular formula is C32H34N4O3S2. The number of thioether (sulfide) groups is 1. The van der Waals surface area contributed by atoms with Gasteiger partial charge >= 0.3 is 5.97 Å². The molecule has 1 aliphatic heterocycles. The van der Waals surface area contributed by atoms with Gasteiger partial charge in [-0.25, -0.2) is 9.79 Å². The van der Waals surface area contributed by atoms with Crippen LogP contribution >= 0.6 is 23.1 Å². The molecule has 0 spiro atoms. The van der Waals surface area contributed by atoms with Crippen LogP contribution in [0.2, 0.25) is 0 Å².